The van der Waals surface area contributed by atoms with Crippen molar-refractivity contribution in [3.8, 4) is 0 Å². The van der Waals surface area contributed by atoms with E-state index in [0.717, 1.165) is 24.2 Å². The molecule has 14 heavy (non-hydrogen) atoms. The standard InChI is InChI=1S/C12H13NO/c14-12-8-9-4-3-7-13(9)11-6-2-1-5-10(11)12/h1-2,5-6,9H,3-4,7-8H2. The van der Waals surface area contributed by atoms with Gasteiger partial charge in [-0.1, -0.05) is 12.1 Å². The fourth-order valence-corrected chi connectivity index (χ4v) is 2.65. The second-order valence-electron chi connectivity index (χ2n) is 4.13. The lowest BCUT2D eigenvalue weighted by Gasteiger charge is -2.32. The van der Waals surface area contributed by atoms with Crippen LogP contribution in [0, 0.1) is 0 Å². The molecule has 0 aromatic heterocycles. The number of para-hydroxylation sites is 1. The van der Waals surface area contributed by atoms with Crippen molar-refractivity contribution >= 4 is 11.5 Å². The van der Waals surface area contributed by atoms with E-state index in [9.17, 15) is 4.79 Å². The molecule has 2 heteroatoms. The van der Waals surface area contributed by atoms with Gasteiger partial charge in [-0.15, -0.1) is 0 Å². The summed E-state index contributed by atoms with van der Waals surface area (Å²) < 4.78 is 0. The summed E-state index contributed by atoms with van der Waals surface area (Å²) in [5.74, 6) is 0.323. The molecule has 3 rings (SSSR count). The molecule has 0 spiro atoms. The third-order valence-electron chi connectivity index (χ3n) is 3.31. The van der Waals surface area contributed by atoms with Crippen molar-refractivity contribution in [1.82, 2.24) is 0 Å². The van der Waals surface area contributed by atoms with Crippen LogP contribution in [0.5, 0.6) is 0 Å². The number of fused-ring (bicyclic) bond motifs is 3. The summed E-state index contributed by atoms with van der Waals surface area (Å²) in [4.78, 5) is 14.2. The molecule has 0 aliphatic carbocycles. The molecule has 1 aromatic rings. The summed E-state index contributed by atoms with van der Waals surface area (Å²) in [5, 5.41) is 0. The highest BCUT2D eigenvalue weighted by molar-refractivity contribution is 6.03. The number of nitrogens with zero attached hydrogens (tertiary/aromatic N) is 1. The van der Waals surface area contributed by atoms with Crippen LogP contribution in [0.15, 0.2) is 24.3 Å². The van der Waals surface area contributed by atoms with Gasteiger partial charge in [0, 0.05) is 30.3 Å². The zero-order valence-corrected chi connectivity index (χ0v) is 8.07. The first-order chi connectivity index (χ1) is 6.86. The van der Waals surface area contributed by atoms with E-state index in [4.69, 9.17) is 0 Å². The SMILES string of the molecule is O=C1CC2CCCN2c2ccccc21. The lowest BCUT2D eigenvalue weighted by atomic mass is 9.95. The fourth-order valence-electron chi connectivity index (χ4n) is 2.65. The fraction of sp³-hybridized carbons (Fsp3) is 0.417. The van der Waals surface area contributed by atoms with Gasteiger partial charge in [0.2, 0.25) is 0 Å². The van der Waals surface area contributed by atoms with E-state index in [1.807, 2.05) is 18.2 Å². The van der Waals surface area contributed by atoms with E-state index in [1.54, 1.807) is 0 Å². The van der Waals surface area contributed by atoms with E-state index < -0.39 is 0 Å². The highest BCUT2D eigenvalue weighted by Crippen LogP contribution is 2.35. The number of carbonyl (C=O) groups excluding carboxylic acids is 1. The minimum Gasteiger partial charge on any atom is -0.368 e. The molecule has 0 N–H and O–H groups in total. The number of rotatable bonds is 0. The van der Waals surface area contributed by atoms with Crippen molar-refractivity contribution < 1.29 is 4.79 Å². The van der Waals surface area contributed by atoms with Gasteiger partial charge in [0.1, 0.15) is 0 Å². The molecule has 2 nitrogen and oxygen atoms in total. The smallest absolute Gasteiger partial charge is 0.167 e. The van der Waals surface area contributed by atoms with Crippen LogP contribution in [0.4, 0.5) is 5.69 Å². The van der Waals surface area contributed by atoms with Crippen molar-refractivity contribution in [2.24, 2.45) is 0 Å². The monoisotopic (exact) mass is 187 g/mol. The summed E-state index contributed by atoms with van der Waals surface area (Å²) in [6.07, 6.45) is 3.13. The third-order valence-corrected chi connectivity index (χ3v) is 3.31. The average Bonchev–Trinajstić information content (AvgIpc) is 2.66. The van der Waals surface area contributed by atoms with Gasteiger partial charge in [0.15, 0.2) is 5.78 Å². The number of hydrogen-bond donors (Lipinski definition) is 0. The van der Waals surface area contributed by atoms with Crippen LogP contribution in [0.25, 0.3) is 0 Å². The topological polar surface area (TPSA) is 20.3 Å². The van der Waals surface area contributed by atoms with E-state index in [0.29, 0.717) is 11.8 Å². The van der Waals surface area contributed by atoms with Gasteiger partial charge in [0.25, 0.3) is 0 Å². The molecule has 0 bridgehead atoms. The van der Waals surface area contributed by atoms with Crippen molar-refractivity contribution in [2.75, 3.05) is 11.4 Å². The number of Topliss-reactive ketones (excluding diaryl/α,β-unsaturated/α-hetero) is 1. The predicted molar refractivity (Wildman–Crippen MR) is 55.8 cm³/mol. The summed E-state index contributed by atoms with van der Waals surface area (Å²) in [7, 11) is 0. The van der Waals surface area contributed by atoms with E-state index in [-0.39, 0.29) is 0 Å². The molecule has 1 unspecified atom stereocenters. The van der Waals surface area contributed by atoms with Crippen LogP contribution < -0.4 is 4.90 Å². The Balaban J connectivity index is 2.13. The Morgan fingerprint density at radius 3 is 3.07 bits per heavy atom. The lowest BCUT2D eigenvalue weighted by molar-refractivity contribution is 0.0969. The van der Waals surface area contributed by atoms with Gasteiger partial charge in [-0.3, -0.25) is 4.79 Å². The molecule has 0 amide bonds. The first-order valence-electron chi connectivity index (χ1n) is 5.25. The Morgan fingerprint density at radius 1 is 1.29 bits per heavy atom. The molecule has 2 aliphatic heterocycles. The molecule has 2 heterocycles. The number of benzene rings is 1. The Hall–Kier alpha value is -1.31. The largest absolute Gasteiger partial charge is 0.368 e. The van der Waals surface area contributed by atoms with Crippen LogP contribution >= 0.6 is 0 Å². The van der Waals surface area contributed by atoms with Crippen molar-refractivity contribution in [3.63, 3.8) is 0 Å². The van der Waals surface area contributed by atoms with Crippen LogP contribution in [-0.2, 0) is 0 Å². The van der Waals surface area contributed by atoms with Crippen LogP contribution in [0.1, 0.15) is 29.6 Å². The van der Waals surface area contributed by atoms with Gasteiger partial charge in [0.05, 0.1) is 0 Å². The molecular weight excluding hydrogens is 174 g/mol. The van der Waals surface area contributed by atoms with Gasteiger partial charge in [-0.25, -0.2) is 0 Å². The van der Waals surface area contributed by atoms with Crippen molar-refractivity contribution in [2.45, 2.75) is 25.3 Å². The molecular formula is C12H13NO. The molecule has 72 valence electrons. The molecule has 2 aliphatic rings. The predicted octanol–water partition coefficient (Wildman–Crippen LogP) is 2.24. The molecule has 1 aromatic carbocycles. The van der Waals surface area contributed by atoms with Gasteiger partial charge >= 0.3 is 0 Å². The Kier molecular flexibility index (Phi) is 1.63. The highest BCUT2D eigenvalue weighted by Gasteiger charge is 2.33. The van der Waals surface area contributed by atoms with E-state index in [2.05, 4.69) is 11.0 Å². The maximum Gasteiger partial charge on any atom is 0.167 e. The minimum atomic E-state index is 0.323. The second kappa shape index (κ2) is 2.84. The van der Waals surface area contributed by atoms with Gasteiger partial charge in [-0.2, -0.15) is 0 Å². The molecule has 1 atom stereocenters. The number of hydrogen-bond acceptors (Lipinski definition) is 2. The Bertz CT molecular complexity index is 386. The zero-order valence-electron chi connectivity index (χ0n) is 8.07. The quantitative estimate of drug-likeness (QED) is 0.620. The summed E-state index contributed by atoms with van der Waals surface area (Å²) in [6, 6.07) is 8.48. The normalized spacial score (nSPS) is 24.7. The van der Waals surface area contributed by atoms with Crippen molar-refractivity contribution in [3.05, 3.63) is 29.8 Å². The van der Waals surface area contributed by atoms with Crippen molar-refractivity contribution in [1.29, 1.82) is 0 Å². The average molecular weight is 187 g/mol. The van der Waals surface area contributed by atoms with Crippen LogP contribution in [0.2, 0.25) is 0 Å². The number of anilines is 1. The van der Waals surface area contributed by atoms with Crippen LogP contribution in [0.3, 0.4) is 0 Å². The minimum absolute atomic E-state index is 0.323. The number of ketones is 1. The molecule has 0 saturated carbocycles. The molecule has 1 saturated heterocycles. The second-order valence-corrected chi connectivity index (χ2v) is 4.13. The maximum absolute atomic E-state index is 11.8. The maximum atomic E-state index is 11.8. The first kappa shape index (κ1) is 8.04. The molecule has 0 radical (unpaired) electrons. The summed E-state index contributed by atoms with van der Waals surface area (Å²) >= 11 is 0. The first-order valence-corrected chi connectivity index (χ1v) is 5.25. The number of carbonyl (C=O) groups is 1. The zero-order chi connectivity index (χ0) is 9.54. The van der Waals surface area contributed by atoms with Crippen LogP contribution in [-0.4, -0.2) is 18.4 Å². The van der Waals surface area contributed by atoms with Gasteiger partial charge < -0.3 is 4.90 Å². The van der Waals surface area contributed by atoms with Gasteiger partial charge in [-0.05, 0) is 25.0 Å². The van der Waals surface area contributed by atoms with E-state index >= 15 is 0 Å². The Labute approximate surface area is 83.5 Å². The van der Waals surface area contributed by atoms with E-state index in [1.165, 1.54) is 12.8 Å². The highest BCUT2D eigenvalue weighted by atomic mass is 16.1. The lowest BCUT2D eigenvalue weighted by Crippen LogP contribution is -2.36. The summed E-state index contributed by atoms with van der Waals surface area (Å²) in [5.41, 5.74) is 2.08. The molecule has 1 fully saturated rings. The third kappa shape index (κ3) is 0.999. The Morgan fingerprint density at radius 2 is 2.14 bits per heavy atom. The summed E-state index contributed by atoms with van der Waals surface area (Å²) in [6.45, 7) is 1.12.